The highest BCUT2D eigenvalue weighted by molar-refractivity contribution is 7.52. The molecular weight excluding hydrogens is 606 g/mol. The minimum Gasteiger partial charge on any atom is -0.479 e. The van der Waals surface area contributed by atoms with E-state index >= 15 is 4.39 Å². The number of nitrogens with two attached hydrogens (primary N) is 1. The van der Waals surface area contributed by atoms with E-state index in [4.69, 9.17) is 29.0 Å². The van der Waals surface area contributed by atoms with Crippen LogP contribution in [0.2, 0.25) is 0 Å². The lowest BCUT2D eigenvalue weighted by atomic mass is 9.99. The van der Waals surface area contributed by atoms with Crippen LogP contribution in [0.5, 0.6) is 11.6 Å². The standard InChI is InChI=1S/C30H38FN6O7P/c1-17-23(31)22(43-27(17)37-16-33-24-25(37)34-29(32)35-26(24)40-6)14-42-45(39,36-18(2)28(38)41-15-30(3,4)5)44-21-13-9-11-19-10-7-8-12-20(19)21/h7-13,16-18,22-23,27H,14-15H2,1-6H3,(H,36,39)(H2,32,34,35)/t17-,18-,22+,23-,27+,45?/m0/s1. The number of ether oxygens (including phenoxy) is 3. The van der Waals surface area contributed by atoms with Crippen molar-refractivity contribution < 1.29 is 37.0 Å². The van der Waals surface area contributed by atoms with Gasteiger partial charge in [0.15, 0.2) is 11.2 Å². The van der Waals surface area contributed by atoms with Gasteiger partial charge in [0.05, 0.1) is 26.7 Å². The lowest BCUT2D eigenvalue weighted by Gasteiger charge is -2.25. The highest BCUT2D eigenvalue weighted by Crippen LogP contribution is 2.48. The van der Waals surface area contributed by atoms with Crippen LogP contribution in [-0.4, -0.2) is 64.1 Å². The molecule has 1 saturated heterocycles. The van der Waals surface area contributed by atoms with E-state index < -0.39 is 50.8 Å². The third-order valence-electron chi connectivity index (χ3n) is 7.23. The van der Waals surface area contributed by atoms with E-state index in [1.54, 1.807) is 29.7 Å². The smallest absolute Gasteiger partial charge is 0.459 e. The van der Waals surface area contributed by atoms with Crippen molar-refractivity contribution in [2.24, 2.45) is 11.3 Å². The Balaban J connectivity index is 1.37. The van der Waals surface area contributed by atoms with E-state index in [-0.39, 0.29) is 29.6 Å². The van der Waals surface area contributed by atoms with Gasteiger partial charge >= 0.3 is 13.7 Å². The minimum absolute atomic E-state index is 0.0452. The molecule has 3 heterocycles. The summed E-state index contributed by atoms with van der Waals surface area (Å²) in [7, 11) is -2.90. The van der Waals surface area contributed by atoms with Crippen molar-refractivity contribution in [2.45, 2.75) is 59.2 Å². The van der Waals surface area contributed by atoms with E-state index in [0.717, 1.165) is 5.39 Å². The van der Waals surface area contributed by atoms with Crippen LogP contribution >= 0.6 is 7.75 Å². The zero-order valence-corrected chi connectivity index (χ0v) is 26.9. The zero-order valence-electron chi connectivity index (χ0n) is 26.0. The Bertz CT molecular complexity index is 1730. The Morgan fingerprint density at radius 1 is 1.20 bits per heavy atom. The average molecular weight is 645 g/mol. The number of benzene rings is 2. The van der Waals surface area contributed by atoms with Crippen molar-refractivity contribution in [2.75, 3.05) is 26.1 Å². The molecule has 6 atom stereocenters. The highest BCUT2D eigenvalue weighted by atomic mass is 31.2. The van der Waals surface area contributed by atoms with Crippen molar-refractivity contribution in [3.63, 3.8) is 0 Å². The number of nitrogens with one attached hydrogen (secondary N) is 1. The van der Waals surface area contributed by atoms with Crippen molar-refractivity contribution in [1.29, 1.82) is 0 Å². The van der Waals surface area contributed by atoms with Crippen LogP contribution in [0.1, 0.15) is 40.8 Å². The number of imidazole rings is 1. The van der Waals surface area contributed by atoms with Gasteiger partial charge < -0.3 is 24.5 Å². The molecule has 1 aliphatic heterocycles. The summed E-state index contributed by atoms with van der Waals surface area (Å²) in [4.78, 5) is 25.4. The summed E-state index contributed by atoms with van der Waals surface area (Å²) in [5.74, 6) is -0.947. The molecule has 3 N–H and O–H groups in total. The molecule has 1 aliphatic rings. The van der Waals surface area contributed by atoms with Crippen LogP contribution in [0.25, 0.3) is 21.9 Å². The number of hydrogen-bond donors (Lipinski definition) is 2. The third kappa shape index (κ3) is 7.19. The fourth-order valence-electron chi connectivity index (χ4n) is 4.93. The first-order chi connectivity index (χ1) is 21.3. The van der Waals surface area contributed by atoms with E-state index in [2.05, 4.69) is 20.0 Å². The topological polar surface area (TPSA) is 162 Å². The third-order valence-corrected chi connectivity index (χ3v) is 8.85. The second-order valence-corrected chi connectivity index (χ2v) is 13.9. The first-order valence-electron chi connectivity index (χ1n) is 14.5. The summed E-state index contributed by atoms with van der Waals surface area (Å²) in [6.45, 7) is 8.60. The molecule has 1 fully saturated rings. The lowest BCUT2D eigenvalue weighted by Crippen LogP contribution is -2.37. The predicted molar refractivity (Wildman–Crippen MR) is 165 cm³/mol. The zero-order chi connectivity index (χ0) is 32.5. The molecule has 13 nitrogen and oxygen atoms in total. The average Bonchev–Trinajstić information content (AvgIpc) is 3.54. The molecule has 2 aromatic carbocycles. The number of nitrogens with zero attached hydrogens (tertiary/aromatic N) is 4. The Hall–Kier alpha value is -3.84. The molecule has 45 heavy (non-hydrogen) atoms. The number of esters is 1. The number of anilines is 1. The first kappa shape index (κ1) is 32.6. The molecule has 4 aromatic rings. The van der Waals surface area contributed by atoms with E-state index in [9.17, 15) is 9.36 Å². The van der Waals surface area contributed by atoms with Crippen molar-refractivity contribution in [3.8, 4) is 11.6 Å². The Labute approximate surface area is 260 Å². The molecule has 242 valence electrons. The maximum Gasteiger partial charge on any atom is 0.459 e. The van der Waals surface area contributed by atoms with Crippen molar-refractivity contribution in [1.82, 2.24) is 24.6 Å². The van der Waals surface area contributed by atoms with Gasteiger partial charge in [-0.3, -0.25) is 13.9 Å². The van der Waals surface area contributed by atoms with Crippen molar-refractivity contribution >= 4 is 41.6 Å². The summed E-state index contributed by atoms with van der Waals surface area (Å²) >= 11 is 0. The van der Waals surface area contributed by atoms with Gasteiger partial charge in [0.25, 0.3) is 0 Å². The van der Waals surface area contributed by atoms with Crippen LogP contribution in [0.4, 0.5) is 10.3 Å². The summed E-state index contributed by atoms with van der Waals surface area (Å²) in [5.41, 5.74) is 6.21. The van der Waals surface area contributed by atoms with Crippen molar-refractivity contribution in [3.05, 3.63) is 48.8 Å². The number of hydrogen-bond acceptors (Lipinski definition) is 11. The summed E-state index contributed by atoms with van der Waals surface area (Å²) in [5, 5.41) is 4.19. The molecule has 0 bridgehead atoms. The molecule has 0 aliphatic carbocycles. The fourth-order valence-corrected chi connectivity index (χ4v) is 6.45. The molecule has 2 aromatic heterocycles. The Morgan fingerprint density at radius 2 is 1.93 bits per heavy atom. The van der Waals surface area contributed by atoms with Gasteiger partial charge in [-0.25, -0.2) is 13.9 Å². The van der Waals surface area contributed by atoms with E-state index in [0.29, 0.717) is 16.6 Å². The van der Waals surface area contributed by atoms with Gasteiger partial charge in [-0.05, 0) is 23.8 Å². The number of alkyl halides is 1. The highest BCUT2D eigenvalue weighted by Gasteiger charge is 2.46. The molecule has 15 heteroatoms. The molecular formula is C30H38FN6O7P. The second-order valence-electron chi connectivity index (χ2n) is 12.2. The number of methoxy groups -OCH3 is 1. The minimum atomic E-state index is -4.33. The molecule has 0 amide bonds. The van der Waals surface area contributed by atoms with Gasteiger partial charge in [-0.2, -0.15) is 15.1 Å². The Kier molecular flexibility index (Phi) is 9.31. The number of nitrogen functional groups attached to an aromatic ring is 1. The summed E-state index contributed by atoms with van der Waals surface area (Å²) in [6.07, 6.45) is -2.10. The van der Waals surface area contributed by atoms with Crippen LogP contribution in [0, 0.1) is 11.3 Å². The lowest BCUT2D eigenvalue weighted by molar-refractivity contribution is -0.148. The van der Waals surface area contributed by atoms with Gasteiger partial charge in [-0.15, -0.1) is 0 Å². The van der Waals surface area contributed by atoms with Crippen LogP contribution in [0.15, 0.2) is 48.8 Å². The van der Waals surface area contributed by atoms with E-state index in [1.165, 1.54) is 20.4 Å². The largest absolute Gasteiger partial charge is 0.479 e. The second kappa shape index (κ2) is 12.9. The number of carbonyl (C=O) groups is 1. The van der Waals surface area contributed by atoms with Gasteiger partial charge in [0, 0.05) is 11.3 Å². The van der Waals surface area contributed by atoms with Crippen LogP contribution in [0.3, 0.4) is 0 Å². The predicted octanol–water partition coefficient (Wildman–Crippen LogP) is 5.21. The number of carbonyl (C=O) groups excluding carboxylic acids is 1. The van der Waals surface area contributed by atoms with Crippen LogP contribution in [-0.2, 0) is 23.4 Å². The van der Waals surface area contributed by atoms with Gasteiger partial charge in [0.1, 0.15) is 30.3 Å². The first-order valence-corrected chi connectivity index (χ1v) is 16.0. The Morgan fingerprint density at radius 3 is 2.67 bits per heavy atom. The number of halogens is 1. The summed E-state index contributed by atoms with van der Waals surface area (Å²) in [6, 6.07) is 11.5. The van der Waals surface area contributed by atoms with Gasteiger partial charge in [0.2, 0.25) is 11.8 Å². The maximum absolute atomic E-state index is 15.7. The van der Waals surface area contributed by atoms with Crippen LogP contribution < -0.4 is 20.1 Å². The normalized spacial score (nSPS) is 22.3. The SMILES string of the molecule is COc1nc(N)nc2c1ncn2[C@@H]1O[C@H](COP(=O)(N[C@@H](C)C(=O)OCC(C)(C)C)Oc2cccc3ccccc23)[C@@H](F)[C@@H]1C. The number of rotatable bonds is 11. The quantitative estimate of drug-likeness (QED) is 0.162. The van der Waals surface area contributed by atoms with E-state index in [1.807, 2.05) is 45.0 Å². The molecule has 0 radical (unpaired) electrons. The number of aromatic nitrogens is 4. The van der Waals surface area contributed by atoms with Gasteiger partial charge in [-0.1, -0.05) is 64.1 Å². The fraction of sp³-hybridized carbons (Fsp3) is 0.467. The number of fused-ring (bicyclic) bond motifs is 2. The molecule has 0 spiro atoms. The maximum atomic E-state index is 15.7. The summed E-state index contributed by atoms with van der Waals surface area (Å²) < 4.78 is 60.1. The molecule has 5 rings (SSSR count). The molecule has 1 unspecified atom stereocenters. The monoisotopic (exact) mass is 644 g/mol. The molecule has 0 saturated carbocycles.